The summed E-state index contributed by atoms with van der Waals surface area (Å²) in [6.45, 7) is 5.17. The Bertz CT molecular complexity index is 749. The molecule has 0 fully saturated rings. The van der Waals surface area contributed by atoms with Gasteiger partial charge in [-0.1, -0.05) is 0 Å². The van der Waals surface area contributed by atoms with Crippen LogP contribution in [0.4, 0.5) is 9.18 Å². The second-order valence-corrected chi connectivity index (χ2v) is 6.43. The minimum atomic E-state index is -0.938. The standard InChI is InChI=1S/C17H21FN2O4/c1-17(2,3)24-16(22)20-14(15(21)23-4)7-10-9-19-13-6-5-11(18)8-12(10)13/h5-6,8-9,14,19H,7H2,1-4H3,(H,20,22). The molecule has 1 aromatic heterocycles. The molecule has 2 N–H and O–H groups in total. The summed E-state index contributed by atoms with van der Waals surface area (Å²) in [5.41, 5.74) is 0.748. The number of fused-ring (bicyclic) bond motifs is 1. The van der Waals surface area contributed by atoms with Crippen molar-refractivity contribution in [2.24, 2.45) is 0 Å². The topological polar surface area (TPSA) is 80.4 Å². The van der Waals surface area contributed by atoms with Crippen LogP contribution in [-0.2, 0) is 20.7 Å². The molecule has 1 unspecified atom stereocenters. The van der Waals surface area contributed by atoms with Crippen LogP contribution < -0.4 is 5.32 Å². The largest absolute Gasteiger partial charge is 0.467 e. The third-order valence-electron chi connectivity index (χ3n) is 3.33. The fraction of sp³-hybridized carbons (Fsp3) is 0.412. The molecule has 0 radical (unpaired) electrons. The van der Waals surface area contributed by atoms with Gasteiger partial charge < -0.3 is 19.8 Å². The third kappa shape index (κ3) is 4.47. The van der Waals surface area contributed by atoms with Gasteiger partial charge >= 0.3 is 12.1 Å². The molecular formula is C17H21FN2O4. The van der Waals surface area contributed by atoms with Crippen LogP contribution in [0.25, 0.3) is 10.9 Å². The Labute approximate surface area is 139 Å². The molecule has 2 rings (SSSR count). The second kappa shape index (κ2) is 6.90. The van der Waals surface area contributed by atoms with Crippen LogP contribution in [0.3, 0.4) is 0 Å². The SMILES string of the molecule is COC(=O)C(Cc1c[nH]c2ccc(F)cc12)NC(=O)OC(C)(C)C. The zero-order valence-corrected chi connectivity index (χ0v) is 14.1. The monoisotopic (exact) mass is 336 g/mol. The number of methoxy groups -OCH3 is 1. The summed E-state index contributed by atoms with van der Waals surface area (Å²) in [6, 6.07) is 3.40. The number of alkyl carbamates (subject to hydrolysis) is 1. The van der Waals surface area contributed by atoms with Crippen LogP contribution in [0.5, 0.6) is 0 Å². The van der Waals surface area contributed by atoms with Crippen LogP contribution >= 0.6 is 0 Å². The predicted octanol–water partition coefficient (Wildman–Crippen LogP) is 2.92. The molecule has 0 bridgehead atoms. The van der Waals surface area contributed by atoms with E-state index >= 15 is 0 Å². The molecule has 1 amide bonds. The van der Waals surface area contributed by atoms with E-state index in [1.165, 1.54) is 19.2 Å². The van der Waals surface area contributed by atoms with Crippen molar-refractivity contribution in [3.63, 3.8) is 0 Å². The number of carbonyl (C=O) groups excluding carboxylic acids is 2. The lowest BCUT2D eigenvalue weighted by Crippen LogP contribution is -2.45. The average Bonchev–Trinajstić information content (AvgIpc) is 2.86. The third-order valence-corrected chi connectivity index (χ3v) is 3.33. The number of rotatable bonds is 4. The Morgan fingerprint density at radius 1 is 1.33 bits per heavy atom. The first-order valence-electron chi connectivity index (χ1n) is 7.52. The zero-order valence-electron chi connectivity index (χ0n) is 14.1. The zero-order chi connectivity index (χ0) is 17.9. The van der Waals surface area contributed by atoms with Gasteiger partial charge in [0.1, 0.15) is 17.5 Å². The van der Waals surface area contributed by atoms with Crippen LogP contribution in [0.2, 0.25) is 0 Å². The van der Waals surface area contributed by atoms with Crippen molar-refractivity contribution in [1.82, 2.24) is 10.3 Å². The molecule has 1 atom stereocenters. The first kappa shape index (κ1) is 17.8. The molecule has 7 heteroatoms. The molecule has 0 saturated carbocycles. The molecule has 130 valence electrons. The van der Waals surface area contributed by atoms with Crippen LogP contribution in [0.15, 0.2) is 24.4 Å². The predicted molar refractivity (Wildman–Crippen MR) is 87.1 cm³/mol. The van der Waals surface area contributed by atoms with Crippen molar-refractivity contribution in [1.29, 1.82) is 0 Å². The maximum atomic E-state index is 13.5. The van der Waals surface area contributed by atoms with Crippen LogP contribution in [0, 0.1) is 5.82 Å². The highest BCUT2D eigenvalue weighted by Gasteiger charge is 2.26. The Hall–Kier alpha value is -2.57. The number of aromatic amines is 1. The van der Waals surface area contributed by atoms with Gasteiger partial charge in [-0.2, -0.15) is 0 Å². The average molecular weight is 336 g/mol. The molecule has 0 aliphatic heterocycles. The normalized spacial score (nSPS) is 12.7. The van der Waals surface area contributed by atoms with E-state index in [-0.39, 0.29) is 12.2 Å². The van der Waals surface area contributed by atoms with E-state index in [2.05, 4.69) is 10.3 Å². The Morgan fingerprint density at radius 2 is 2.04 bits per heavy atom. The summed E-state index contributed by atoms with van der Waals surface area (Å²) in [5, 5.41) is 3.15. The number of benzene rings is 1. The smallest absolute Gasteiger partial charge is 0.408 e. The van der Waals surface area contributed by atoms with E-state index in [4.69, 9.17) is 9.47 Å². The number of hydrogen-bond donors (Lipinski definition) is 2. The molecule has 0 aliphatic rings. The lowest BCUT2D eigenvalue weighted by atomic mass is 10.0. The quantitative estimate of drug-likeness (QED) is 0.841. The van der Waals surface area contributed by atoms with Gasteiger partial charge in [-0.15, -0.1) is 0 Å². The summed E-state index contributed by atoms with van der Waals surface area (Å²) in [7, 11) is 1.24. The van der Waals surface area contributed by atoms with Crippen molar-refractivity contribution >= 4 is 23.0 Å². The van der Waals surface area contributed by atoms with Gasteiger partial charge in [0, 0.05) is 23.5 Å². The number of halogens is 1. The lowest BCUT2D eigenvalue weighted by molar-refractivity contribution is -0.143. The van der Waals surface area contributed by atoms with E-state index in [0.29, 0.717) is 10.9 Å². The molecule has 0 aliphatic carbocycles. The van der Waals surface area contributed by atoms with Gasteiger partial charge in [0.2, 0.25) is 0 Å². The summed E-state index contributed by atoms with van der Waals surface area (Å²) >= 11 is 0. The molecular weight excluding hydrogens is 315 g/mol. The number of ether oxygens (including phenoxy) is 2. The highest BCUT2D eigenvalue weighted by atomic mass is 19.1. The summed E-state index contributed by atoms with van der Waals surface area (Å²) in [6.07, 6.45) is 1.11. The number of H-pyrrole nitrogens is 1. The second-order valence-electron chi connectivity index (χ2n) is 6.43. The highest BCUT2D eigenvalue weighted by molar-refractivity contribution is 5.86. The highest BCUT2D eigenvalue weighted by Crippen LogP contribution is 2.21. The van der Waals surface area contributed by atoms with Crippen LogP contribution in [-0.4, -0.2) is 35.8 Å². The van der Waals surface area contributed by atoms with Crippen LogP contribution in [0.1, 0.15) is 26.3 Å². The van der Waals surface area contributed by atoms with Crippen molar-refractivity contribution in [3.05, 3.63) is 35.8 Å². The van der Waals surface area contributed by atoms with Gasteiger partial charge in [-0.05, 0) is 44.5 Å². The van der Waals surface area contributed by atoms with E-state index in [0.717, 1.165) is 5.52 Å². The molecule has 2 aromatic rings. The molecule has 1 heterocycles. The minimum absolute atomic E-state index is 0.148. The van der Waals surface area contributed by atoms with E-state index in [1.54, 1.807) is 33.0 Å². The first-order valence-corrected chi connectivity index (χ1v) is 7.52. The van der Waals surface area contributed by atoms with Gasteiger partial charge in [0.05, 0.1) is 7.11 Å². The molecule has 0 saturated heterocycles. The number of hydrogen-bond acceptors (Lipinski definition) is 4. The van der Waals surface area contributed by atoms with Crippen molar-refractivity contribution in [3.8, 4) is 0 Å². The van der Waals surface area contributed by atoms with E-state index in [1.807, 2.05) is 0 Å². The number of carbonyl (C=O) groups is 2. The molecule has 1 aromatic carbocycles. The minimum Gasteiger partial charge on any atom is -0.467 e. The maximum Gasteiger partial charge on any atom is 0.408 e. The number of esters is 1. The van der Waals surface area contributed by atoms with Gasteiger partial charge in [-0.3, -0.25) is 0 Å². The number of amides is 1. The Morgan fingerprint density at radius 3 is 2.67 bits per heavy atom. The fourth-order valence-electron chi connectivity index (χ4n) is 2.32. The molecule has 24 heavy (non-hydrogen) atoms. The van der Waals surface area contributed by atoms with Crippen molar-refractivity contribution in [2.45, 2.75) is 38.8 Å². The fourth-order valence-corrected chi connectivity index (χ4v) is 2.32. The van der Waals surface area contributed by atoms with Gasteiger partial charge in [-0.25, -0.2) is 14.0 Å². The summed E-state index contributed by atoms with van der Waals surface area (Å²) < 4.78 is 23.4. The van der Waals surface area contributed by atoms with E-state index in [9.17, 15) is 14.0 Å². The van der Waals surface area contributed by atoms with Gasteiger partial charge in [0.25, 0.3) is 0 Å². The summed E-state index contributed by atoms with van der Waals surface area (Å²) in [4.78, 5) is 26.9. The van der Waals surface area contributed by atoms with E-state index < -0.39 is 23.7 Å². The number of aromatic nitrogens is 1. The van der Waals surface area contributed by atoms with Gasteiger partial charge in [0.15, 0.2) is 0 Å². The first-order chi connectivity index (χ1) is 11.2. The number of nitrogens with one attached hydrogen (secondary N) is 2. The Balaban J connectivity index is 2.20. The molecule has 6 nitrogen and oxygen atoms in total. The lowest BCUT2D eigenvalue weighted by Gasteiger charge is -2.22. The Kier molecular flexibility index (Phi) is 5.11. The van der Waals surface area contributed by atoms with Crippen molar-refractivity contribution < 1.29 is 23.5 Å². The maximum absolute atomic E-state index is 13.5. The summed E-state index contributed by atoms with van der Waals surface area (Å²) in [5.74, 6) is -0.982. The molecule has 0 spiro atoms. The van der Waals surface area contributed by atoms with Crippen molar-refractivity contribution in [2.75, 3.05) is 7.11 Å².